The number of aromatic carboxylic acids is 1. The Morgan fingerprint density at radius 2 is 1.67 bits per heavy atom. The van der Waals surface area contributed by atoms with E-state index in [1.165, 1.54) is 32.4 Å². The zero-order valence-corrected chi connectivity index (χ0v) is 11.6. The third kappa shape index (κ3) is 3.02. The Balaban J connectivity index is 2.43. The maximum Gasteiger partial charge on any atom is 0.339 e. The Hall–Kier alpha value is -2.82. The lowest BCUT2D eigenvalue weighted by atomic mass is 10.0. The molecule has 2 rings (SSSR count). The minimum absolute atomic E-state index is 0.0498. The van der Waals surface area contributed by atoms with Gasteiger partial charge < -0.3 is 14.6 Å². The number of methoxy groups -OCH3 is 2. The van der Waals surface area contributed by atoms with Gasteiger partial charge in [-0.15, -0.1) is 0 Å². The molecule has 5 heteroatoms. The highest BCUT2D eigenvalue weighted by Crippen LogP contribution is 2.22. The van der Waals surface area contributed by atoms with Crippen LogP contribution in [0.1, 0.15) is 26.3 Å². The van der Waals surface area contributed by atoms with Crippen molar-refractivity contribution in [3.63, 3.8) is 0 Å². The highest BCUT2D eigenvalue weighted by molar-refractivity contribution is 6.10. The highest BCUT2D eigenvalue weighted by Gasteiger charge is 2.16. The average Bonchev–Trinajstić information content (AvgIpc) is 2.53. The molecule has 0 aromatic heterocycles. The molecule has 0 aliphatic rings. The van der Waals surface area contributed by atoms with E-state index in [0.29, 0.717) is 11.3 Å². The second-order valence-corrected chi connectivity index (χ2v) is 4.28. The van der Waals surface area contributed by atoms with Gasteiger partial charge in [0.2, 0.25) is 0 Å². The van der Waals surface area contributed by atoms with Gasteiger partial charge in [0.1, 0.15) is 17.1 Å². The molecule has 0 aliphatic carbocycles. The molecular formula is C16H14O5. The lowest BCUT2D eigenvalue weighted by molar-refractivity contribution is 0.0693. The van der Waals surface area contributed by atoms with Gasteiger partial charge >= 0.3 is 5.97 Å². The predicted octanol–water partition coefficient (Wildman–Crippen LogP) is 2.63. The zero-order chi connectivity index (χ0) is 15.4. The SMILES string of the molecule is COc1cccc(C(=O)c2ccc(OC)c(C(=O)O)c2)c1. The molecule has 0 atom stereocenters. The summed E-state index contributed by atoms with van der Waals surface area (Å²) in [4.78, 5) is 23.6. The number of carbonyl (C=O) groups excluding carboxylic acids is 1. The molecular weight excluding hydrogens is 272 g/mol. The summed E-state index contributed by atoms with van der Waals surface area (Å²) < 4.78 is 10.0. The molecule has 2 aromatic carbocycles. The number of carboxylic acids is 1. The second-order valence-electron chi connectivity index (χ2n) is 4.28. The van der Waals surface area contributed by atoms with Gasteiger partial charge in [-0.1, -0.05) is 12.1 Å². The van der Waals surface area contributed by atoms with Gasteiger partial charge in [0.25, 0.3) is 0 Å². The average molecular weight is 286 g/mol. The number of ether oxygens (including phenoxy) is 2. The van der Waals surface area contributed by atoms with Crippen LogP contribution in [0.15, 0.2) is 42.5 Å². The predicted molar refractivity (Wildman–Crippen MR) is 76.4 cm³/mol. The largest absolute Gasteiger partial charge is 0.497 e. The lowest BCUT2D eigenvalue weighted by Crippen LogP contribution is -2.06. The van der Waals surface area contributed by atoms with E-state index < -0.39 is 5.97 Å². The number of carbonyl (C=O) groups is 2. The first kappa shape index (κ1) is 14.6. The Labute approximate surface area is 121 Å². The first-order valence-electron chi connectivity index (χ1n) is 6.17. The van der Waals surface area contributed by atoms with Crippen molar-refractivity contribution < 1.29 is 24.2 Å². The van der Waals surface area contributed by atoms with E-state index in [1.807, 2.05) is 0 Å². The minimum Gasteiger partial charge on any atom is -0.497 e. The quantitative estimate of drug-likeness (QED) is 0.855. The zero-order valence-electron chi connectivity index (χ0n) is 11.6. The third-order valence-corrected chi connectivity index (χ3v) is 3.02. The molecule has 0 amide bonds. The minimum atomic E-state index is -1.15. The fourth-order valence-electron chi connectivity index (χ4n) is 1.95. The summed E-state index contributed by atoms with van der Waals surface area (Å²) in [6.45, 7) is 0. The Morgan fingerprint density at radius 3 is 2.29 bits per heavy atom. The van der Waals surface area contributed by atoms with E-state index >= 15 is 0 Å². The van der Waals surface area contributed by atoms with Gasteiger partial charge in [0.05, 0.1) is 14.2 Å². The van der Waals surface area contributed by atoms with Crippen molar-refractivity contribution in [3.8, 4) is 11.5 Å². The summed E-state index contributed by atoms with van der Waals surface area (Å²) in [5.74, 6) is -0.649. The monoisotopic (exact) mass is 286 g/mol. The first-order valence-corrected chi connectivity index (χ1v) is 6.17. The number of benzene rings is 2. The van der Waals surface area contributed by atoms with Crippen molar-refractivity contribution >= 4 is 11.8 Å². The molecule has 0 aliphatic heterocycles. The van der Waals surface area contributed by atoms with Gasteiger partial charge in [-0.25, -0.2) is 4.79 Å². The Kier molecular flexibility index (Phi) is 4.23. The van der Waals surface area contributed by atoms with Crippen LogP contribution in [0, 0.1) is 0 Å². The fraction of sp³-hybridized carbons (Fsp3) is 0.125. The standard InChI is InChI=1S/C16H14O5/c1-20-12-5-3-4-10(8-12)15(17)11-6-7-14(21-2)13(9-11)16(18)19/h3-9H,1-2H3,(H,18,19). The van der Waals surface area contributed by atoms with Crippen LogP contribution < -0.4 is 9.47 Å². The van der Waals surface area contributed by atoms with Crippen LogP contribution in [0.3, 0.4) is 0 Å². The molecule has 2 aromatic rings. The van der Waals surface area contributed by atoms with Crippen LogP contribution in [-0.4, -0.2) is 31.1 Å². The number of hydrogen-bond acceptors (Lipinski definition) is 4. The molecule has 0 unspecified atom stereocenters. The van der Waals surface area contributed by atoms with Gasteiger partial charge in [-0.3, -0.25) is 4.79 Å². The molecule has 0 bridgehead atoms. The van der Waals surface area contributed by atoms with Crippen molar-refractivity contribution in [2.45, 2.75) is 0 Å². The van der Waals surface area contributed by atoms with Crippen molar-refractivity contribution in [1.82, 2.24) is 0 Å². The second kappa shape index (κ2) is 6.09. The summed E-state index contributed by atoms with van der Waals surface area (Å²) in [7, 11) is 2.89. The van der Waals surface area contributed by atoms with Crippen molar-refractivity contribution in [2.75, 3.05) is 14.2 Å². The smallest absolute Gasteiger partial charge is 0.339 e. The van der Waals surface area contributed by atoms with Crippen LogP contribution in [0.4, 0.5) is 0 Å². The van der Waals surface area contributed by atoms with Gasteiger partial charge in [-0.05, 0) is 30.3 Å². The Morgan fingerprint density at radius 1 is 0.952 bits per heavy atom. The molecule has 108 valence electrons. The normalized spacial score (nSPS) is 10.0. The summed E-state index contributed by atoms with van der Waals surface area (Å²) in [5.41, 5.74) is 0.656. The lowest BCUT2D eigenvalue weighted by Gasteiger charge is -2.08. The number of ketones is 1. The van der Waals surface area contributed by atoms with E-state index in [2.05, 4.69) is 0 Å². The summed E-state index contributed by atoms with van der Waals surface area (Å²) in [6, 6.07) is 11.0. The molecule has 0 saturated heterocycles. The van der Waals surface area contributed by atoms with E-state index in [4.69, 9.17) is 14.6 Å². The summed E-state index contributed by atoms with van der Waals surface area (Å²) in [5, 5.41) is 9.14. The summed E-state index contributed by atoms with van der Waals surface area (Å²) in [6.07, 6.45) is 0. The van der Waals surface area contributed by atoms with Crippen LogP contribution >= 0.6 is 0 Å². The van der Waals surface area contributed by atoms with Crippen LogP contribution in [0.2, 0.25) is 0 Å². The molecule has 0 spiro atoms. The fourth-order valence-corrected chi connectivity index (χ4v) is 1.95. The highest BCUT2D eigenvalue weighted by atomic mass is 16.5. The third-order valence-electron chi connectivity index (χ3n) is 3.02. The van der Waals surface area contributed by atoms with Gasteiger partial charge in [-0.2, -0.15) is 0 Å². The van der Waals surface area contributed by atoms with Crippen LogP contribution in [-0.2, 0) is 0 Å². The number of hydrogen-bond donors (Lipinski definition) is 1. The molecule has 0 fully saturated rings. The molecule has 0 saturated carbocycles. The van der Waals surface area contributed by atoms with Crippen molar-refractivity contribution in [2.24, 2.45) is 0 Å². The van der Waals surface area contributed by atoms with Crippen molar-refractivity contribution in [1.29, 1.82) is 0 Å². The van der Waals surface area contributed by atoms with E-state index in [-0.39, 0.29) is 22.7 Å². The maximum atomic E-state index is 12.4. The number of rotatable bonds is 5. The number of carboxylic acid groups (broad SMARTS) is 1. The summed E-state index contributed by atoms with van der Waals surface area (Å²) >= 11 is 0. The molecule has 0 radical (unpaired) electrons. The van der Waals surface area contributed by atoms with Crippen molar-refractivity contribution in [3.05, 3.63) is 59.2 Å². The van der Waals surface area contributed by atoms with Gasteiger partial charge in [0, 0.05) is 11.1 Å². The van der Waals surface area contributed by atoms with E-state index in [9.17, 15) is 9.59 Å². The molecule has 5 nitrogen and oxygen atoms in total. The van der Waals surface area contributed by atoms with E-state index in [1.54, 1.807) is 24.3 Å². The molecule has 1 N–H and O–H groups in total. The Bertz CT molecular complexity index is 691. The molecule has 21 heavy (non-hydrogen) atoms. The maximum absolute atomic E-state index is 12.4. The molecule has 0 heterocycles. The van der Waals surface area contributed by atoms with Gasteiger partial charge in [0.15, 0.2) is 5.78 Å². The topological polar surface area (TPSA) is 72.8 Å². The first-order chi connectivity index (χ1) is 10.1. The van der Waals surface area contributed by atoms with Crippen LogP contribution in [0.25, 0.3) is 0 Å². The van der Waals surface area contributed by atoms with E-state index in [0.717, 1.165) is 0 Å². The van der Waals surface area contributed by atoms with Crippen LogP contribution in [0.5, 0.6) is 11.5 Å².